The van der Waals surface area contributed by atoms with Crippen LogP contribution in [-0.2, 0) is 19.1 Å². The monoisotopic (exact) mass is 228 g/mol. The predicted molar refractivity (Wildman–Crippen MR) is 58.2 cm³/mol. The summed E-state index contributed by atoms with van der Waals surface area (Å²) in [5, 5.41) is 0. The molecule has 0 bridgehead atoms. The van der Waals surface area contributed by atoms with E-state index in [2.05, 4.69) is 0 Å². The smallest absolute Gasteiger partial charge is 0.348 e. The summed E-state index contributed by atoms with van der Waals surface area (Å²) in [7, 11) is 0. The molecule has 2 aliphatic heterocycles. The highest BCUT2D eigenvalue weighted by Crippen LogP contribution is 2.39. The number of carbonyl (C=O) groups excluding carboxylic acids is 2. The summed E-state index contributed by atoms with van der Waals surface area (Å²) in [6.07, 6.45) is 0. The number of fused-ring (bicyclic) bond motifs is 1. The molecule has 0 saturated heterocycles. The standard InChI is InChI=1S/C13H8O4/c1-7-9-10(13(15)16-7)11(17-12(9)14)8-5-3-2-4-6-8/h2-6H,1H3. The van der Waals surface area contributed by atoms with Crippen molar-refractivity contribution in [1.29, 1.82) is 0 Å². The van der Waals surface area contributed by atoms with Gasteiger partial charge >= 0.3 is 11.9 Å². The van der Waals surface area contributed by atoms with Crippen LogP contribution in [0.15, 0.2) is 47.2 Å². The number of hydrogen-bond acceptors (Lipinski definition) is 4. The molecule has 84 valence electrons. The average molecular weight is 228 g/mol. The Labute approximate surface area is 97.1 Å². The number of hydrogen-bond donors (Lipinski definition) is 0. The van der Waals surface area contributed by atoms with Crippen molar-refractivity contribution in [2.24, 2.45) is 0 Å². The van der Waals surface area contributed by atoms with Gasteiger partial charge in [-0.15, -0.1) is 0 Å². The first-order chi connectivity index (χ1) is 8.18. The summed E-state index contributed by atoms with van der Waals surface area (Å²) in [5.41, 5.74) is 1.17. The van der Waals surface area contributed by atoms with Crippen molar-refractivity contribution in [2.75, 3.05) is 0 Å². The van der Waals surface area contributed by atoms with Crippen molar-refractivity contribution in [3.8, 4) is 0 Å². The van der Waals surface area contributed by atoms with Crippen LogP contribution in [0.3, 0.4) is 0 Å². The second kappa shape index (κ2) is 3.31. The van der Waals surface area contributed by atoms with E-state index in [4.69, 9.17) is 9.47 Å². The molecular formula is C13H8O4. The van der Waals surface area contributed by atoms with Crippen LogP contribution >= 0.6 is 0 Å². The second-order valence-corrected chi connectivity index (χ2v) is 3.78. The molecule has 0 aromatic heterocycles. The van der Waals surface area contributed by atoms with E-state index in [1.54, 1.807) is 19.1 Å². The van der Waals surface area contributed by atoms with Crippen molar-refractivity contribution in [3.05, 3.63) is 52.8 Å². The number of carbonyl (C=O) groups is 2. The van der Waals surface area contributed by atoms with Crippen molar-refractivity contribution in [1.82, 2.24) is 0 Å². The molecule has 0 aliphatic carbocycles. The normalized spacial score (nSPS) is 18.4. The third-order valence-corrected chi connectivity index (χ3v) is 2.71. The van der Waals surface area contributed by atoms with Gasteiger partial charge in [-0.2, -0.15) is 0 Å². The number of esters is 2. The van der Waals surface area contributed by atoms with E-state index in [0.29, 0.717) is 11.3 Å². The minimum atomic E-state index is -0.526. The van der Waals surface area contributed by atoms with Crippen molar-refractivity contribution in [3.63, 3.8) is 0 Å². The molecule has 0 fully saturated rings. The molecule has 0 spiro atoms. The Balaban J connectivity index is 2.22. The molecule has 0 amide bonds. The maximum atomic E-state index is 11.6. The van der Waals surface area contributed by atoms with Gasteiger partial charge in [0.2, 0.25) is 0 Å². The highest BCUT2D eigenvalue weighted by molar-refractivity contribution is 6.19. The molecule has 4 heteroatoms. The number of rotatable bonds is 1. The summed E-state index contributed by atoms with van der Waals surface area (Å²) >= 11 is 0. The van der Waals surface area contributed by atoms with Gasteiger partial charge in [-0.1, -0.05) is 30.3 Å². The third-order valence-electron chi connectivity index (χ3n) is 2.71. The molecule has 17 heavy (non-hydrogen) atoms. The van der Waals surface area contributed by atoms with Gasteiger partial charge in [-0.3, -0.25) is 0 Å². The van der Waals surface area contributed by atoms with E-state index in [1.807, 2.05) is 18.2 Å². The summed E-state index contributed by atoms with van der Waals surface area (Å²) in [6.45, 7) is 1.58. The maximum Gasteiger partial charge on any atom is 0.348 e. The lowest BCUT2D eigenvalue weighted by molar-refractivity contribution is -0.133. The van der Waals surface area contributed by atoms with Gasteiger partial charge in [0.1, 0.15) is 16.9 Å². The van der Waals surface area contributed by atoms with Crippen LogP contribution in [0.25, 0.3) is 5.76 Å². The first kappa shape index (κ1) is 9.84. The highest BCUT2D eigenvalue weighted by Gasteiger charge is 2.43. The Morgan fingerprint density at radius 2 is 1.53 bits per heavy atom. The Kier molecular flexibility index (Phi) is 1.92. The fraction of sp³-hybridized carbons (Fsp3) is 0.0769. The van der Waals surface area contributed by atoms with E-state index < -0.39 is 11.9 Å². The summed E-state index contributed by atoms with van der Waals surface area (Å²) < 4.78 is 10.1. The van der Waals surface area contributed by atoms with Crippen LogP contribution in [0.1, 0.15) is 12.5 Å². The molecule has 0 radical (unpaired) electrons. The molecule has 1 aromatic carbocycles. The second-order valence-electron chi connectivity index (χ2n) is 3.78. The minimum absolute atomic E-state index is 0.235. The highest BCUT2D eigenvalue weighted by atomic mass is 16.6. The van der Waals surface area contributed by atoms with Crippen molar-refractivity contribution >= 4 is 17.7 Å². The topological polar surface area (TPSA) is 52.6 Å². The van der Waals surface area contributed by atoms with Gasteiger partial charge in [0.25, 0.3) is 0 Å². The Hall–Kier alpha value is -2.36. The molecule has 0 saturated carbocycles. The molecule has 2 aliphatic rings. The van der Waals surface area contributed by atoms with E-state index in [9.17, 15) is 9.59 Å². The number of allylic oxidation sites excluding steroid dienone is 1. The fourth-order valence-corrected chi connectivity index (χ4v) is 1.96. The lowest BCUT2D eigenvalue weighted by atomic mass is 10.0. The summed E-state index contributed by atoms with van der Waals surface area (Å²) in [6, 6.07) is 9.02. The van der Waals surface area contributed by atoms with Crippen LogP contribution in [0.5, 0.6) is 0 Å². The largest absolute Gasteiger partial charge is 0.427 e. The molecule has 2 heterocycles. The van der Waals surface area contributed by atoms with Crippen LogP contribution in [-0.4, -0.2) is 11.9 Å². The van der Waals surface area contributed by atoms with E-state index in [-0.39, 0.29) is 16.9 Å². The lowest BCUT2D eigenvalue weighted by Crippen LogP contribution is -1.99. The SMILES string of the molecule is CC1=C2C(=O)OC(c3ccccc3)=C2C(=O)O1. The van der Waals surface area contributed by atoms with Crippen molar-refractivity contribution in [2.45, 2.75) is 6.92 Å². The van der Waals surface area contributed by atoms with Crippen LogP contribution in [0, 0.1) is 0 Å². The number of benzene rings is 1. The molecule has 4 nitrogen and oxygen atoms in total. The number of cyclic esters (lactones) is 2. The fourth-order valence-electron chi connectivity index (χ4n) is 1.96. The van der Waals surface area contributed by atoms with Gasteiger partial charge < -0.3 is 9.47 Å². The van der Waals surface area contributed by atoms with E-state index in [0.717, 1.165) is 0 Å². The zero-order valence-electron chi connectivity index (χ0n) is 9.02. The zero-order chi connectivity index (χ0) is 12.0. The molecule has 3 rings (SSSR count). The first-order valence-electron chi connectivity index (χ1n) is 5.14. The van der Waals surface area contributed by atoms with Crippen LogP contribution in [0.2, 0.25) is 0 Å². The van der Waals surface area contributed by atoms with Gasteiger partial charge in [0.15, 0.2) is 5.76 Å². The quantitative estimate of drug-likeness (QED) is 0.687. The van der Waals surface area contributed by atoms with Crippen LogP contribution in [0.4, 0.5) is 0 Å². The average Bonchev–Trinajstić information content (AvgIpc) is 2.81. The van der Waals surface area contributed by atoms with E-state index >= 15 is 0 Å². The molecular weight excluding hydrogens is 220 g/mol. The lowest BCUT2D eigenvalue weighted by Gasteiger charge is -2.03. The van der Waals surface area contributed by atoms with E-state index in [1.165, 1.54) is 0 Å². The van der Waals surface area contributed by atoms with Crippen LogP contribution < -0.4 is 0 Å². The third kappa shape index (κ3) is 1.30. The zero-order valence-corrected chi connectivity index (χ0v) is 9.02. The molecule has 0 atom stereocenters. The predicted octanol–water partition coefficient (Wildman–Crippen LogP) is 1.79. The minimum Gasteiger partial charge on any atom is -0.427 e. The Morgan fingerprint density at radius 1 is 0.882 bits per heavy atom. The van der Waals surface area contributed by atoms with Gasteiger partial charge in [-0.05, 0) is 6.92 Å². The molecule has 1 aromatic rings. The van der Waals surface area contributed by atoms with Gasteiger partial charge in [0, 0.05) is 5.56 Å². The summed E-state index contributed by atoms with van der Waals surface area (Å²) in [5.74, 6) is -0.460. The molecule has 0 unspecified atom stereocenters. The van der Waals surface area contributed by atoms with Crippen molar-refractivity contribution < 1.29 is 19.1 Å². The number of ether oxygens (including phenoxy) is 2. The summed E-state index contributed by atoms with van der Waals surface area (Å²) in [4.78, 5) is 23.3. The molecule has 0 N–H and O–H groups in total. The first-order valence-corrected chi connectivity index (χ1v) is 5.14. The van der Waals surface area contributed by atoms with Gasteiger partial charge in [-0.25, -0.2) is 9.59 Å². The Morgan fingerprint density at radius 3 is 2.24 bits per heavy atom. The maximum absolute atomic E-state index is 11.6. The Bertz CT molecular complexity index is 593. The van der Waals surface area contributed by atoms with Gasteiger partial charge in [0.05, 0.1) is 0 Å².